The van der Waals surface area contributed by atoms with Gasteiger partial charge in [-0.15, -0.1) is 11.3 Å². The molecule has 0 spiro atoms. The molecule has 2 amide bonds. The number of primary amides is 1. The number of rotatable bonds is 4. The SMILES string of the molecule is NC(=O)N(c1ccc2nc(-c3cscn3)[nH]c2c1)C1(c2ccccc2)CC1. The first-order valence-corrected chi connectivity index (χ1v) is 9.65. The summed E-state index contributed by atoms with van der Waals surface area (Å²) in [5.41, 5.74) is 11.6. The molecule has 2 heterocycles. The van der Waals surface area contributed by atoms with Crippen LogP contribution in [0.15, 0.2) is 59.4 Å². The Bertz CT molecular complexity index is 1120. The Morgan fingerprint density at radius 2 is 2.00 bits per heavy atom. The number of carbonyl (C=O) groups excluding carboxylic acids is 1. The van der Waals surface area contributed by atoms with Crippen LogP contribution in [-0.2, 0) is 5.54 Å². The molecule has 4 aromatic rings. The van der Waals surface area contributed by atoms with Gasteiger partial charge in [0, 0.05) is 11.1 Å². The summed E-state index contributed by atoms with van der Waals surface area (Å²) in [5, 5.41) is 1.95. The van der Waals surface area contributed by atoms with Gasteiger partial charge < -0.3 is 10.7 Å². The number of imidazole rings is 1. The molecular weight excluding hydrogens is 358 g/mol. The molecule has 0 bridgehead atoms. The summed E-state index contributed by atoms with van der Waals surface area (Å²) < 4.78 is 0. The van der Waals surface area contributed by atoms with Crippen LogP contribution in [-0.4, -0.2) is 21.0 Å². The predicted octanol–water partition coefficient (Wildman–Crippen LogP) is 4.26. The average molecular weight is 375 g/mol. The quantitative estimate of drug-likeness (QED) is 0.558. The van der Waals surface area contributed by atoms with Crippen molar-refractivity contribution in [3.63, 3.8) is 0 Å². The summed E-state index contributed by atoms with van der Waals surface area (Å²) >= 11 is 1.53. The smallest absolute Gasteiger partial charge is 0.320 e. The van der Waals surface area contributed by atoms with Crippen molar-refractivity contribution >= 4 is 34.1 Å². The Balaban J connectivity index is 1.59. The first-order valence-electron chi connectivity index (χ1n) is 8.71. The monoisotopic (exact) mass is 375 g/mol. The average Bonchev–Trinajstić information content (AvgIpc) is 3.10. The van der Waals surface area contributed by atoms with Crippen molar-refractivity contribution in [1.82, 2.24) is 15.0 Å². The van der Waals surface area contributed by atoms with Crippen molar-refractivity contribution in [2.45, 2.75) is 18.4 Å². The molecule has 1 saturated carbocycles. The maximum Gasteiger partial charge on any atom is 0.320 e. The lowest BCUT2D eigenvalue weighted by atomic mass is 10.0. The van der Waals surface area contributed by atoms with Gasteiger partial charge in [-0.3, -0.25) is 4.90 Å². The Morgan fingerprint density at radius 3 is 2.67 bits per heavy atom. The van der Waals surface area contributed by atoms with Crippen molar-refractivity contribution in [2.75, 3.05) is 4.90 Å². The molecule has 0 unspecified atom stereocenters. The number of aromatic nitrogens is 3. The molecule has 134 valence electrons. The van der Waals surface area contributed by atoms with Gasteiger partial charge in [0.05, 0.1) is 22.1 Å². The van der Waals surface area contributed by atoms with Crippen molar-refractivity contribution in [1.29, 1.82) is 0 Å². The fourth-order valence-corrected chi connectivity index (χ4v) is 4.22. The van der Waals surface area contributed by atoms with Crippen molar-refractivity contribution in [3.8, 4) is 11.5 Å². The number of thiazole rings is 1. The van der Waals surface area contributed by atoms with Crippen molar-refractivity contribution in [2.24, 2.45) is 5.73 Å². The van der Waals surface area contributed by atoms with Gasteiger partial charge in [-0.25, -0.2) is 14.8 Å². The third kappa shape index (κ3) is 2.59. The molecule has 1 fully saturated rings. The summed E-state index contributed by atoms with van der Waals surface area (Å²) in [4.78, 5) is 26.3. The molecule has 2 aromatic heterocycles. The zero-order chi connectivity index (χ0) is 18.4. The fraction of sp³-hybridized carbons (Fsp3) is 0.150. The van der Waals surface area contributed by atoms with Crippen LogP contribution in [0.5, 0.6) is 0 Å². The van der Waals surface area contributed by atoms with E-state index in [0.29, 0.717) is 0 Å². The van der Waals surface area contributed by atoms with Gasteiger partial charge in [0.2, 0.25) is 0 Å². The van der Waals surface area contributed by atoms with Gasteiger partial charge in [-0.1, -0.05) is 30.3 Å². The predicted molar refractivity (Wildman–Crippen MR) is 107 cm³/mol. The van der Waals surface area contributed by atoms with Crippen LogP contribution in [0, 0.1) is 0 Å². The van der Waals surface area contributed by atoms with Gasteiger partial charge in [-0.05, 0) is 36.6 Å². The van der Waals surface area contributed by atoms with Crippen LogP contribution in [0.25, 0.3) is 22.6 Å². The second-order valence-corrected chi connectivity index (χ2v) is 7.45. The first-order chi connectivity index (χ1) is 13.2. The van der Waals surface area contributed by atoms with Gasteiger partial charge in [0.15, 0.2) is 5.82 Å². The van der Waals surface area contributed by atoms with Gasteiger partial charge in [-0.2, -0.15) is 0 Å². The molecule has 0 aliphatic heterocycles. The van der Waals surface area contributed by atoms with Crippen LogP contribution in [0.4, 0.5) is 10.5 Å². The second kappa shape index (κ2) is 5.92. The summed E-state index contributed by atoms with van der Waals surface area (Å²) in [6.45, 7) is 0. The maximum absolute atomic E-state index is 12.4. The van der Waals surface area contributed by atoms with Crippen molar-refractivity contribution in [3.05, 3.63) is 65.0 Å². The Morgan fingerprint density at radius 1 is 1.19 bits per heavy atom. The number of urea groups is 1. The number of nitrogens with one attached hydrogen (secondary N) is 1. The van der Waals surface area contributed by atoms with E-state index in [9.17, 15) is 4.79 Å². The number of anilines is 1. The Hall–Kier alpha value is -3.19. The summed E-state index contributed by atoms with van der Waals surface area (Å²) in [6, 6.07) is 15.4. The highest BCUT2D eigenvalue weighted by atomic mass is 32.1. The number of aromatic amines is 1. The number of benzene rings is 2. The number of nitrogens with zero attached hydrogens (tertiary/aromatic N) is 3. The number of fused-ring (bicyclic) bond motifs is 1. The van der Waals surface area contributed by atoms with Crippen LogP contribution in [0.1, 0.15) is 18.4 Å². The summed E-state index contributed by atoms with van der Waals surface area (Å²) in [5.74, 6) is 0.721. The largest absolute Gasteiger partial charge is 0.351 e. The number of hydrogen-bond donors (Lipinski definition) is 2. The van der Waals surface area contributed by atoms with E-state index >= 15 is 0 Å². The highest BCUT2D eigenvalue weighted by Crippen LogP contribution is 2.52. The summed E-state index contributed by atoms with van der Waals surface area (Å²) in [7, 11) is 0. The standard InChI is InChI=1S/C20H17N5OS/c21-19(26)25(20(8-9-20)13-4-2-1-3-5-13)14-6-7-15-16(10-14)24-18(23-15)17-11-27-12-22-17/h1-7,10-12H,8-9H2,(H2,21,26)(H,23,24). The van der Waals surface area contributed by atoms with Crippen LogP contribution in [0.2, 0.25) is 0 Å². The molecule has 5 rings (SSSR count). The molecule has 6 nitrogen and oxygen atoms in total. The number of hydrogen-bond acceptors (Lipinski definition) is 4. The lowest BCUT2D eigenvalue weighted by Gasteiger charge is -2.31. The van der Waals surface area contributed by atoms with E-state index in [-0.39, 0.29) is 5.54 Å². The molecule has 0 radical (unpaired) electrons. The van der Waals surface area contributed by atoms with Crippen LogP contribution < -0.4 is 10.6 Å². The molecule has 27 heavy (non-hydrogen) atoms. The van der Waals surface area contributed by atoms with E-state index in [1.807, 2.05) is 41.8 Å². The van der Waals surface area contributed by atoms with Gasteiger partial charge in [0.25, 0.3) is 0 Å². The van der Waals surface area contributed by atoms with E-state index < -0.39 is 6.03 Å². The zero-order valence-electron chi connectivity index (χ0n) is 14.4. The maximum atomic E-state index is 12.4. The topological polar surface area (TPSA) is 87.9 Å². The van der Waals surface area contributed by atoms with E-state index in [4.69, 9.17) is 5.73 Å². The normalized spacial score (nSPS) is 15.0. The second-order valence-electron chi connectivity index (χ2n) is 6.73. The van der Waals surface area contributed by atoms with Gasteiger partial charge >= 0.3 is 6.03 Å². The lowest BCUT2D eigenvalue weighted by molar-refractivity contribution is 0.251. The molecule has 1 aliphatic carbocycles. The van der Waals surface area contributed by atoms with Crippen LogP contribution >= 0.6 is 11.3 Å². The first kappa shape index (κ1) is 16.0. The minimum Gasteiger partial charge on any atom is -0.351 e. The molecule has 0 atom stereocenters. The molecule has 7 heteroatoms. The third-order valence-corrected chi connectivity index (χ3v) is 5.67. The number of carbonyl (C=O) groups is 1. The third-order valence-electron chi connectivity index (χ3n) is 5.08. The number of nitrogens with two attached hydrogens (primary N) is 1. The molecular formula is C20H17N5OS. The Labute approximate surface area is 159 Å². The lowest BCUT2D eigenvalue weighted by Crippen LogP contribution is -2.44. The molecule has 3 N–H and O–H groups in total. The zero-order valence-corrected chi connectivity index (χ0v) is 15.2. The highest BCUT2D eigenvalue weighted by molar-refractivity contribution is 7.07. The van der Waals surface area contributed by atoms with E-state index in [1.165, 1.54) is 11.3 Å². The summed E-state index contributed by atoms with van der Waals surface area (Å²) in [6.07, 6.45) is 1.79. The molecule has 0 saturated heterocycles. The molecule has 1 aliphatic rings. The number of H-pyrrole nitrogens is 1. The highest BCUT2D eigenvalue weighted by Gasteiger charge is 2.51. The minimum absolute atomic E-state index is 0.363. The van der Waals surface area contributed by atoms with Gasteiger partial charge in [0.1, 0.15) is 5.69 Å². The van der Waals surface area contributed by atoms with Crippen molar-refractivity contribution < 1.29 is 4.79 Å². The fourth-order valence-electron chi connectivity index (χ4n) is 3.68. The Kier molecular flexibility index (Phi) is 3.51. The van der Waals surface area contributed by atoms with Crippen LogP contribution in [0.3, 0.4) is 0 Å². The van der Waals surface area contributed by atoms with E-state index in [1.54, 1.807) is 10.4 Å². The van der Waals surface area contributed by atoms with E-state index in [2.05, 4.69) is 27.1 Å². The molecule has 2 aromatic carbocycles. The minimum atomic E-state index is -0.449. The van der Waals surface area contributed by atoms with E-state index in [0.717, 1.165) is 46.6 Å². The number of amides is 2.